The lowest BCUT2D eigenvalue weighted by Gasteiger charge is -2.25. The fourth-order valence-corrected chi connectivity index (χ4v) is 8.01. The highest BCUT2D eigenvalue weighted by molar-refractivity contribution is 5.82. The van der Waals surface area contributed by atoms with Crippen molar-refractivity contribution in [2.75, 3.05) is 70.0 Å². The summed E-state index contributed by atoms with van der Waals surface area (Å²) in [4.78, 5) is 48.2. The number of benzene rings is 2. The van der Waals surface area contributed by atoms with E-state index >= 15 is 0 Å². The number of fused-ring (bicyclic) bond motifs is 2. The molecule has 1 saturated heterocycles. The largest absolute Gasteiger partial charge is 0.491 e. The Bertz CT molecular complexity index is 2200. The van der Waals surface area contributed by atoms with Gasteiger partial charge < -0.3 is 44.5 Å². The van der Waals surface area contributed by atoms with E-state index in [2.05, 4.69) is 10.6 Å². The summed E-state index contributed by atoms with van der Waals surface area (Å²) >= 11 is 0. The minimum atomic E-state index is -0.272. The maximum absolute atomic E-state index is 12.5. The molecule has 3 N–H and O–H groups in total. The average Bonchev–Trinajstić information content (AvgIpc) is 3.93. The molecule has 1 atom stereocenters. The molecule has 1 aliphatic heterocycles. The van der Waals surface area contributed by atoms with Gasteiger partial charge in [0.15, 0.2) is 17.9 Å². The van der Waals surface area contributed by atoms with Crippen molar-refractivity contribution in [1.29, 1.82) is 0 Å². The van der Waals surface area contributed by atoms with Crippen LogP contribution in [-0.4, -0.2) is 114 Å². The second kappa shape index (κ2) is 22.0. The number of ether oxygens (including phenoxy) is 4. The zero-order chi connectivity index (χ0) is 45.9. The topological polar surface area (TPSA) is 173 Å². The van der Waals surface area contributed by atoms with Crippen molar-refractivity contribution in [3.8, 4) is 34.3 Å². The molecule has 2 amide bonds. The summed E-state index contributed by atoms with van der Waals surface area (Å²) in [5.41, 5.74) is 5.60. The molecule has 64 heavy (non-hydrogen) atoms. The zero-order valence-electron chi connectivity index (χ0n) is 39.1. The van der Waals surface area contributed by atoms with Gasteiger partial charge in [-0.25, -0.2) is 19.9 Å². The van der Waals surface area contributed by atoms with Crippen LogP contribution < -0.4 is 29.9 Å². The molecule has 15 heteroatoms. The number of nitrogens with zero attached hydrogens (tertiary/aromatic N) is 6. The van der Waals surface area contributed by atoms with E-state index in [4.69, 9.17) is 44.0 Å². The van der Waals surface area contributed by atoms with Gasteiger partial charge in [-0.15, -0.1) is 0 Å². The van der Waals surface area contributed by atoms with Crippen LogP contribution in [0.5, 0.6) is 11.5 Å². The SMILES string of the molecule is CN(CC(=O)NC(C)(C)C)c1nc(-c2cccc(OCCO)c2)nc2c1CCC2.CN(CC(=O)NC(C)(C)C)c1nc(-c2cccc(OCCOC3CCCCO3)c2)nc2c1CCC2. The number of aliphatic hydroxyl groups is 1. The third kappa shape index (κ3) is 14.1. The van der Waals surface area contributed by atoms with Gasteiger partial charge in [-0.2, -0.15) is 0 Å². The monoisotopic (exact) mass is 881 g/mol. The van der Waals surface area contributed by atoms with Crippen LogP contribution in [0.3, 0.4) is 0 Å². The van der Waals surface area contributed by atoms with Crippen LogP contribution >= 0.6 is 0 Å². The molecule has 1 fully saturated rings. The molecule has 0 radical (unpaired) electrons. The summed E-state index contributed by atoms with van der Waals surface area (Å²) < 4.78 is 22.8. The van der Waals surface area contributed by atoms with E-state index in [0.29, 0.717) is 30.6 Å². The quantitative estimate of drug-likeness (QED) is 0.108. The number of anilines is 2. The summed E-state index contributed by atoms with van der Waals surface area (Å²) in [6.07, 6.45) is 8.89. The van der Waals surface area contributed by atoms with Crippen molar-refractivity contribution in [1.82, 2.24) is 30.6 Å². The number of aryl methyl sites for hydroxylation is 2. The first kappa shape index (κ1) is 48.1. The smallest absolute Gasteiger partial charge is 0.239 e. The fourth-order valence-electron chi connectivity index (χ4n) is 8.01. The molecule has 346 valence electrons. The van der Waals surface area contributed by atoms with Crippen molar-refractivity contribution < 1.29 is 33.6 Å². The molecule has 4 aromatic rings. The third-order valence-corrected chi connectivity index (χ3v) is 10.7. The lowest BCUT2D eigenvalue weighted by Crippen LogP contribution is -2.45. The lowest BCUT2D eigenvalue weighted by molar-refractivity contribution is -0.165. The highest BCUT2D eigenvalue weighted by Gasteiger charge is 2.26. The second-order valence-electron chi connectivity index (χ2n) is 18.8. The Hall–Kier alpha value is -5.38. The Morgan fingerprint density at radius 3 is 1.64 bits per heavy atom. The van der Waals surface area contributed by atoms with Crippen LogP contribution in [0, 0.1) is 0 Å². The molecule has 2 aromatic heterocycles. The number of carbonyl (C=O) groups excluding carboxylic acids is 2. The summed E-state index contributed by atoms with van der Waals surface area (Å²) in [6.45, 7) is 14.2. The van der Waals surface area contributed by atoms with Crippen molar-refractivity contribution >= 4 is 23.5 Å². The van der Waals surface area contributed by atoms with Gasteiger partial charge in [-0.05, 0) is 124 Å². The number of hydrogen-bond acceptors (Lipinski definition) is 13. The number of carbonyl (C=O) groups is 2. The van der Waals surface area contributed by atoms with Crippen molar-refractivity contribution in [2.45, 2.75) is 117 Å². The number of nitrogens with one attached hydrogen (secondary N) is 2. The van der Waals surface area contributed by atoms with Gasteiger partial charge in [0.2, 0.25) is 11.8 Å². The predicted molar refractivity (Wildman–Crippen MR) is 249 cm³/mol. The van der Waals surface area contributed by atoms with E-state index < -0.39 is 0 Å². The number of aromatic nitrogens is 4. The maximum atomic E-state index is 12.5. The summed E-state index contributed by atoms with van der Waals surface area (Å²) in [5.74, 6) is 4.28. The van der Waals surface area contributed by atoms with Crippen LogP contribution in [-0.2, 0) is 44.7 Å². The number of amides is 2. The Labute approximate surface area is 378 Å². The van der Waals surface area contributed by atoms with E-state index in [9.17, 15) is 9.59 Å². The van der Waals surface area contributed by atoms with Crippen LogP contribution in [0.25, 0.3) is 22.8 Å². The molecule has 3 heterocycles. The van der Waals surface area contributed by atoms with Gasteiger partial charge in [0.05, 0.1) is 26.3 Å². The number of rotatable bonds is 16. The standard InChI is InChI=1S/C27H38N4O4.C22H30N4O3/c1-27(2,3)30-23(32)18-31(4)26-21-11-8-12-22(21)28-25(29-26)19-9-7-10-20(17-19)33-15-16-35-24-13-5-6-14-34-24;1-22(2,3)25-19(28)14-26(4)21-17-9-6-10-18(17)23-20(24-21)15-7-5-8-16(13-15)29-12-11-27/h7,9-10,17,24H,5-6,8,11-16,18H2,1-4H3,(H,30,32);5,7-8,13,27H,6,9-12,14H2,1-4H3,(H,25,28). The van der Waals surface area contributed by atoms with Crippen LogP contribution in [0.1, 0.15) is 96.2 Å². The van der Waals surface area contributed by atoms with E-state index in [0.717, 1.165) is 115 Å². The van der Waals surface area contributed by atoms with Gasteiger partial charge in [0.1, 0.15) is 36.3 Å². The molecule has 3 aliphatic rings. The van der Waals surface area contributed by atoms with E-state index in [1.807, 2.05) is 114 Å². The molecular weight excluding hydrogens is 813 g/mol. The Morgan fingerprint density at radius 2 is 1.19 bits per heavy atom. The van der Waals surface area contributed by atoms with Gasteiger partial charge in [-0.3, -0.25) is 9.59 Å². The van der Waals surface area contributed by atoms with Crippen molar-refractivity contribution in [2.24, 2.45) is 0 Å². The van der Waals surface area contributed by atoms with Gasteiger partial charge in [-0.1, -0.05) is 24.3 Å². The summed E-state index contributed by atoms with van der Waals surface area (Å²) in [6, 6.07) is 15.4. The Morgan fingerprint density at radius 1 is 0.688 bits per heavy atom. The van der Waals surface area contributed by atoms with E-state index in [1.165, 1.54) is 0 Å². The first-order valence-corrected chi connectivity index (χ1v) is 22.7. The van der Waals surface area contributed by atoms with Gasteiger partial charge in [0.25, 0.3) is 0 Å². The minimum absolute atomic E-state index is 0.0249. The second-order valence-corrected chi connectivity index (χ2v) is 18.8. The third-order valence-electron chi connectivity index (χ3n) is 10.7. The van der Waals surface area contributed by atoms with Crippen molar-refractivity contribution in [3.63, 3.8) is 0 Å². The Balaban J connectivity index is 0.000000216. The van der Waals surface area contributed by atoms with Crippen molar-refractivity contribution in [3.05, 3.63) is 71.0 Å². The zero-order valence-corrected chi connectivity index (χ0v) is 39.1. The number of aliphatic hydroxyl groups excluding tert-OH is 1. The maximum Gasteiger partial charge on any atom is 0.239 e. The normalized spacial score (nSPS) is 15.6. The molecule has 0 bridgehead atoms. The van der Waals surface area contributed by atoms with Gasteiger partial charge in [0, 0.05) is 65.4 Å². The average molecular weight is 881 g/mol. The molecule has 2 aliphatic carbocycles. The minimum Gasteiger partial charge on any atom is -0.491 e. The predicted octanol–water partition coefficient (Wildman–Crippen LogP) is 6.26. The first-order chi connectivity index (χ1) is 30.5. The van der Waals surface area contributed by atoms with Crippen LogP contribution in [0.15, 0.2) is 48.5 Å². The number of hydrogen-bond donors (Lipinski definition) is 3. The van der Waals surface area contributed by atoms with Gasteiger partial charge >= 0.3 is 0 Å². The Kier molecular flexibility index (Phi) is 16.5. The molecule has 0 saturated carbocycles. The molecule has 15 nitrogen and oxygen atoms in total. The summed E-state index contributed by atoms with van der Waals surface area (Å²) in [5, 5.41) is 15.0. The molecule has 1 unspecified atom stereocenters. The molecule has 2 aromatic carbocycles. The summed E-state index contributed by atoms with van der Waals surface area (Å²) in [7, 11) is 3.82. The molecule has 7 rings (SSSR count). The highest BCUT2D eigenvalue weighted by atomic mass is 16.7. The lowest BCUT2D eigenvalue weighted by atomic mass is 10.1. The highest BCUT2D eigenvalue weighted by Crippen LogP contribution is 2.33. The van der Waals surface area contributed by atoms with E-state index in [-0.39, 0.29) is 55.5 Å². The molecule has 0 spiro atoms. The fraction of sp³-hybridized carbons (Fsp3) is 0.551. The first-order valence-electron chi connectivity index (χ1n) is 22.7. The van der Waals surface area contributed by atoms with E-state index in [1.54, 1.807) is 0 Å². The molecular formula is C49H68N8O7. The van der Waals surface area contributed by atoms with Crippen LogP contribution in [0.4, 0.5) is 11.6 Å². The number of likely N-dealkylation sites (N-methyl/N-ethyl adjacent to an activating group) is 2. The van der Waals surface area contributed by atoms with Crippen LogP contribution in [0.2, 0.25) is 0 Å².